The Morgan fingerprint density at radius 3 is 2.41 bits per heavy atom. The lowest BCUT2D eigenvalue weighted by Crippen LogP contribution is -2.47. The highest BCUT2D eigenvalue weighted by Crippen LogP contribution is 2.32. The minimum atomic E-state index is -0.434. The summed E-state index contributed by atoms with van der Waals surface area (Å²) in [4.78, 5) is 27.2. The van der Waals surface area contributed by atoms with Crippen molar-refractivity contribution in [2.24, 2.45) is 5.92 Å². The second-order valence-electron chi connectivity index (χ2n) is 8.53. The first-order valence-electron chi connectivity index (χ1n) is 11.4. The Hall–Kier alpha value is -3.39. The van der Waals surface area contributed by atoms with Crippen molar-refractivity contribution >= 4 is 35.0 Å². The average molecular weight is 481 g/mol. The highest BCUT2D eigenvalue weighted by molar-refractivity contribution is 7.80. The van der Waals surface area contributed by atoms with E-state index in [1.165, 1.54) is 0 Å². The summed E-state index contributed by atoms with van der Waals surface area (Å²) < 4.78 is 5.56. The molecule has 0 radical (unpaired) electrons. The number of rotatable bonds is 8. The summed E-state index contributed by atoms with van der Waals surface area (Å²) in [5, 5.41) is 9.52. The molecule has 1 atom stereocenters. The van der Waals surface area contributed by atoms with E-state index in [1.807, 2.05) is 75.1 Å². The van der Waals surface area contributed by atoms with Crippen molar-refractivity contribution in [2.75, 3.05) is 18.5 Å². The van der Waals surface area contributed by atoms with Crippen molar-refractivity contribution in [1.29, 1.82) is 0 Å². The maximum absolute atomic E-state index is 13.0. The molecule has 7 nitrogen and oxygen atoms in total. The molecule has 2 aromatic carbocycles. The van der Waals surface area contributed by atoms with Gasteiger partial charge in [0.1, 0.15) is 0 Å². The van der Waals surface area contributed by atoms with Gasteiger partial charge in [0.25, 0.3) is 0 Å². The third-order valence-corrected chi connectivity index (χ3v) is 5.82. The lowest BCUT2D eigenvalue weighted by Gasteiger charge is -2.37. The van der Waals surface area contributed by atoms with Crippen LogP contribution in [0.25, 0.3) is 0 Å². The highest BCUT2D eigenvalue weighted by Gasteiger charge is 2.34. The molecular formula is C26H32N4O3S. The van der Waals surface area contributed by atoms with Crippen LogP contribution in [0.2, 0.25) is 0 Å². The maximum atomic E-state index is 13.0. The third-order valence-electron chi connectivity index (χ3n) is 5.48. The predicted molar refractivity (Wildman–Crippen MR) is 138 cm³/mol. The van der Waals surface area contributed by atoms with E-state index < -0.39 is 6.04 Å². The Morgan fingerprint density at radius 1 is 1.12 bits per heavy atom. The molecule has 180 valence electrons. The zero-order chi connectivity index (χ0) is 24.7. The van der Waals surface area contributed by atoms with Crippen molar-refractivity contribution in [3.63, 3.8) is 0 Å². The van der Waals surface area contributed by atoms with Gasteiger partial charge in [-0.2, -0.15) is 0 Å². The molecule has 0 aromatic heterocycles. The second kappa shape index (κ2) is 11.7. The fourth-order valence-electron chi connectivity index (χ4n) is 3.71. The minimum Gasteiger partial charge on any atom is -0.462 e. The van der Waals surface area contributed by atoms with E-state index in [0.29, 0.717) is 36.1 Å². The van der Waals surface area contributed by atoms with Crippen LogP contribution >= 0.6 is 12.2 Å². The Labute approximate surface area is 206 Å². The van der Waals surface area contributed by atoms with Crippen molar-refractivity contribution < 1.29 is 14.3 Å². The quantitative estimate of drug-likeness (QED) is 0.374. The standard InChI is InChI=1S/C26H32N4O3S/c1-5-30-18(4)22(24(31)33-16-17(2)3)23(29-26(30)34)20-11-13-21(14-12-20)28-25(32)27-15-19-9-7-6-8-10-19/h6-14,17,23H,5,15-16H2,1-4H3,(H,29,34)(H2,27,28,32)/t23-/m1/s1. The number of amides is 2. The van der Waals surface area contributed by atoms with Crippen LogP contribution in [-0.4, -0.2) is 35.2 Å². The molecule has 34 heavy (non-hydrogen) atoms. The molecule has 0 aliphatic carbocycles. The first kappa shape index (κ1) is 25.2. The summed E-state index contributed by atoms with van der Waals surface area (Å²) in [5.41, 5.74) is 3.84. The number of hydrogen-bond acceptors (Lipinski definition) is 4. The van der Waals surface area contributed by atoms with Gasteiger partial charge in [-0.05, 0) is 55.2 Å². The van der Waals surface area contributed by atoms with E-state index in [0.717, 1.165) is 16.8 Å². The molecule has 0 saturated carbocycles. The van der Waals surface area contributed by atoms with Crippen molar-refractivity contribution in [1.82, 2.24) is 15.5 Å². The lowest BCUT2D eigenvalue weighted by atomic mass is 9.95. The predicted octanol–water partition coefficient (Wildman–Crippen LogP) is 4.73. The molecule has 0 fully saturated rings. The number of urea groups is 1. The van der Waals surface area contributed by atoms with E-state index in [1.54, 1.807) is 12.1 Å². The van der Waals surface area contributed by atoms with E-state index in [2.05, 4.69) is 16.0 Å². The summed E-state index contributed by atoms with van der Waals surface area (Å²) in [7, 11) is 0. The van der Waals surface area contributed by atoms with Gasteiger partial charge in [0, 0.05) is 24.5 Å². The molecule has 8 heteroatoms. The number of thiocarbonyl (C=S) groups is 1. The van der Waals surface area contributed by atoms with Gasteiger partial charge in [0.05, 0.1) is 18.2 Å². The smallest absolute Gasteiger partial charge is 0.338 e. The van der Waals surface area contributed by atoms with E-state index in [-0.39, 0.29) is 17.9 Å². The van der Waals surface area contributed by atoms with Crippen molar-refractivity contribution in [2.45, 2.75) is 40.3 Å². The van der Waals surface area contributed by atoms with Crippen LogP contribution in [-0.2, 0) is 16.1 Å². The van der Waals surface area contributed by atoms with Crippen LogP contribution in [0.3, 0.4) is 0 Å². The highest BCUT2D eigenvalue weighted by atomic mass is 32.1. The maximum Gasteiger partial charge on any atom is 0.338 e. The number of carbonyl (C=O) groups excluding carboxylic acids is 2. The zero-order valence-electron chi connectivity index (χ0n) is 20.1. The Morgan fingerprint density at radius 2 is 1.79 bits per heavy atom. The first-order valence-corrected chi connectivity index (χ1v) is 11.9. The molecule has 1 heterocycles. The molecule has 2 amide bonds. The number of esters is 1. The molecule has 3 rings (SSSR count). The fraction of sp³-hybridized carbons (Fsp3) is 0.346. The van der Waals surface area contributed by atoms with Gasteiger partial charge in [-0.3, -0.25) is 0 Å². The van der Waals surface area contributed by atoms with Crippen LogP contribution in [0, 0.1) is 5.92 Å². The molecule has 0 saturated heterocycles. The monoisotopic (exact) mass is 480 g/mol. The van der Waals surface area contributed by atoms with Crippen LogP contribution in [0.4, 0.5) is 10.5 Å². The molecule has 0 spiro atoms. The van der Waals surface area contributed by atoms with E-state index in [9.17, 15) is 9.59 Å². The van der Waals surface area contributed by atoms with E-state index >= 15 is 0 Å². The first-order chi connectivity index (χ1) is 16.3. The van der Waals surface area contributed by atoms with Gasteiger partial charge in [0.2, 0.25) is 0 Å². The number of hydrogen-bond donors (Lipinski definition) is 3. The molecule has 1 aliphatic rings. The number of allylic oxidation sites excluding steroid dienone is 1. The van der Waals surface area contributed by atoms with Crippen LogP contribution in [0.5, 0.6) is 0 Å². The summed E-state index contributed by atoms with van der Waals surface area (Å²) in [6, 6.07) is 16.3. The number of nitrogens with zero attached hydrogens (tertiary/aromatic N) is 1. The van der Waals surface area contributed by atoms with Crippen LogP contribution in [0.15, 0.2) is 65.9 Å². The largest absolute Gasteiger partial charge is 0.462 e. The minimum absolute atomic E-state index is 0.238. The molecule has 1 aliphatic heterocycles. The zero-order valence-corrected chi connectivity index (χ0v) is 20.9. The van der Waals surface area contributed by atoms with Crippen LogP contribution in [0.1, 0.15) is 44.9 Å². The molecule has 0 bridgehead atoms. The van der Waals surface area contributed by atoms with Gasteiger partial charge in [-0.15, -0.1) is 0 Å². The molecule has 3 N–H and O–H groups in total. The van der Waals surface area contributed by atoms with Crippen LogP contribution < -0.4 is 16.0 Å². The van der Waals surface area contributed by atoms with Crippen molar-refractivity contribution in [3.05, 3.63) is 77.0 Å². The Bertz CT molecular complexity index is 1050. The SMILES string of the molecule is CCN1C(=S)N[C@H](c2ccc(NC(=O)NCc3ccccc3)cc2)C(C(=O)OCC(C)C)=C1C. The number of carbonyl (C=O) groups is 2. The number of nitrogens with one attached hydrogen (secondary N) is 3. The number of benzene rings is 2. The van der Waals surface area contributed by atoms with Gasteiger partial charge in [0.15, 0.2) is 5.11 Å². The number of ether oxygens (including phenoxy) is 1. The van der Waals surface area contributed by atoms with Gasteiger partial charge >= 0.3 is 12.0 Å². The summed E-state index contributed by atoms with van der Waals surface area (Å²) in [5.74, 6) is -0.117. The lowest BCUT2D eigenvalue weighted by molar-refractivity contribution is -0.140. The van der Waals surface area contributed by atoms with Gasteiger partial charge in [-0.25, -0.2) is 9.59 Å². The van der Waals surface area contributed by atoms with Gasteiger partial charge < -0.3 is 25.6 Å². The molecular weight excluding hydrogens is 448 g/mol. The fourth-order valence-corrected chi connectivity index (χ4v) is 4.09. The number of anilines is 1. The molecule has 0 unspecified atom stereocenters. The summed E-state index contributed by atoms with van der Waals surface area (Å²) >= 11 is 5.54. The summed E-state index contributed by atoms with van der Waals surface area (Å²) in [6.07, 6.45) is 0. The van der Waals surface area contributed by atoms with E-state index in [4.69, 9.17) is 17.0 Å². The normalized spacial score (nSPS) is 15.7. The third kappa shape index (κ3) is 6.35. The second-order valence-corrected chi connectivity index (χ2v) is 8.92. The van der Waals surface area contributed by atoms with Crippen molar-refractivity contribution in [3.8, 4) is 0 Å². The Kier molecular flexibility index (Phi) is 8.65. The topological polar surface area (TPSA) is 82.7 Å². The Balaban J connectivity index is 1.73. The average Bonchev–Trinajstić information content (AvgIpc) is 2.82. The van der Waals surface area contributed by atoms with Gasteiger partial charge in [-0.1, -0.05) is 56.3 Å². The summed E-state index contributed by atoms with van der Waals surface area (Å²) in [6.45, 7) is 9.31. The molecule has 2 aromatic rings.